The van der Waals surface area contributed by atoms with Crippen LogP contribution in [0.3, 0.4) is 0 Å². The molecule has 1 aliphatic rings. The molecule has 0 unspecified atom stereocenters. The van der Waals surface area contributed by atoms with Crippen LogP contribution in [0.5, 0.6) is 11.5 Å². The number of rotatable bonds is 3. The molecule has 0 radical (unpaired) electrons. The standard InChI is InChI=1S/C20H19ClN2O4.2ClH/c21-14-2-1-3-15(11-14)23-8-6-22(7-9-23)12-13-10-18(25)27-20-16(13)4-5-17(24)19(20)26;;/h1-5,10-11,24,26H,6-9,12H2;2*1H. The van der Waals surface area contributed by atoms with E-state index in [-0.39, 0.29) is 36.1 Å². The molecular weight excluding hydrogens is 439 g/mol. The molecule has 1 saturated heterocycles. The Hall–Kier alpha value is -1.96. The Kier molecular flexibility index (Phi) is 7.80. The first-order valence-electron chi connectivity index (χ1n) is 8.93. The van der Waals surface area contributed by atoms with Crippen LogP contribution in [0.15, 0.2) is 51.7 Å². The van der Waals surface area contributed by atoms with E-state index in [2.05, 4.69) is 6.07 Å². The van der Waals surface area contributed by atoms with Crippen LogP contribution < -0.4 is 40.2 Å². The Balaban J connectivity index is 0.00000150. The van der Waals surface area contributed by atoms with Crippen molar-refractivity contribution in [3.05, 3.63) is 63.5 Å². The summed E-state index contributed by atoms with van der Waals surface area (Å²) >= 11 is 6.10. The van der Waals surface area contributed by atoms with Gasteiger partial charge in [0.1, 0.15) is 38.4 Å². The molecule has 0 bridgehead atoms. The Morgan fingerprint density at radius 1 is 1.00 bits per heavy atom. The fourth-order valence-corrected chi connectivity index (χ4v) is 3.95. The number of hydrogen-bond donors (Lipinski definition) is 4. The van der Waals surface area contributed by atoms with E-state index >= 15 is 0 Å². The summed E-state index contributed by atoms with van der Waals surface area (Å²) < 4.78 is 5.10. The van der Waals surface area contributed by atoms with Crippen molar-refractivity contribution in [1.82, 2.24) is 0 Å². The molecule has 0 aliphatic carbocycles. The average molecular weight is 460 g/mol. The van der Waals surface area contributed by atoms with Gasteiger partial charge in [-0.3, -0.25) is 4.90 Å². The van der Waals surface area contributed by atoms with E-state index in [0.717, 1.165) is 36.8 Å². The molecule has 4 rings (SSSR count). The van der Waals surface area contributed by atoms with E-state index in [4.69, 9.17) is 16.0 Å². The quantitative estimate of drug-likeness (QED) is 0.233. The van der Waals surface area contributed by atoms with Crippen molar-refractivity contribution in [2.75, 3.05) is 26.2 Å². The maximum Gasteiger partial charge on any atom is 0.336 e. The first-order valence-corrected chi connectivity index (χ1v) is 9.31. The maximum absolute atomic E-state index is 11.9. The van der Waals surface area contributed by atoms with E-state index in [9.17, 15) is 15.0 Å². The number of quaternary nitrogens is 2. The van der Waals surface area contributed by atoms with Gasteiger partial charge < -0.3 is 44.3 Å². The summed E-state index contributed by atoms with van der Waals surface area (Å²) in [6.07, 6.45) is 0. The lowest BCUT2D eigenvalue weighted by Crippen LogP contribution is -3.25. The fourth-order valence-electron chi connectivity index (χ4n) is 3.76. The van der Waals surface area contributed by atoms with Crippen LogP contribution in [-0.2, 0) is 6.54 Å². The second kappa shape index (κ2) is 9.69. The van der Waals surface area contributed by atoms with Gasteiger partial charge in [0.15, 0.2) is 11.3 Å². The summed E-state index contributed by atoms with van der Waals surface area (Å²) in [6, 6.07) is 12.5. The largest absolute Gasteiger partial charge is 1.00 e. The highest BCUT2D eigenvalue weighted by molar-refractivity contribution is 6.30. The number of phenolic OH excluding ortho intramolecular Hbond substituents is 2. The van der Waals surface area contributed by atoms with Gasteiger partial charge in [-0.05, 0) is 24.3 Å². The molecule has 6 nitrogen and oxygen atoms in total. The van der Waals surface area contributed by atoms with Crippen molar-refractivity contribution >= 4 is 28.3 Å². The van der Waals surface area contributed by atoms with E-state index in [1.165, 1.54) is 27.6 Å². The normalized spacial score (nSPS) is 18.7. The van der Waals surface area contributed by atoms with Crippen LogP contribution in [-0.4, -0.2) is 36.4 Å². The van der Waals surface area contributed by atoms with E-state index < -0.39 is 11.4 Å². The van der Waals surface area contributed by atoms with Crippen LogP contribution in [0, 0.1) is 0 Å². The third-order valence-electron chi connectivity index (χ3n) is 5.18. The Labute approximate surface area is 185 Å². The van der Waals surface area contributed by atoms with Gasteiger partial charge in [0, 0.05) is 28.1 Å². The van der Waals surface area contributed by atoms with E-state index in [1.807, 2.05) is 18.2 Å². The number of phenols is 2. The van der Waals surface area contributed by atoms with Gasteiger partial charge in [-0.1, -0.05) is 17.7 Å². The zero-order chi connectivity index (χ0) is 19.0. The molecule has 156 valence electrons. The predicted octanol–water partition coefficient (Wildman–Crippen LogP) is -5.52. The minimum absolute atomic E-state index is 0. The number of benzene rings is 2. The number of aromatic hydroxyl groups is 2. The maximum atomic E-state index is 11.9. The monoisotopic (exact) mass is 458 g/mol. The molecule has 2 aromatic carbocycles. The molecule has 4 N–H and O–H groups in total. The summed E-state index contributed by atoms with van der Waals surface area (Å²) in [7, 11) is 0. The zero-order valence-electron chi connectivity index (χ0n) is 15.4. The van der Waals surface area contributed by atoms with Crippen molar-refractivity contribution in [3.63, 3.8) is 0 Å². The van der Waals surface area contributed by atoms with Crippen molar-refractivity contribution in [2.24, 2.45) is 0 Å². The highest BCUT2D eigenvalue weighted by Gasteiger charge is 2.26. The fraction of sp³-hybridized carbons (Fsp3) is 0.250. The minimum atomic E-state index is -0.527. The summed E-state index contributed by atoms with van der Waals surface area (Å²) in [5, 5.41) is 21.0. The van der Waals surface area contributed by atoms with E-state index in [1.54, 1.807) is 6.07 Å². The molecule has 29 heavy (non-hydrogen) atoms. The number of nitrogens with one attached hydrogen (secondary N) is 2. The van der Waals surface area contributed by atoms with Crippen LogP contribution in [0.1, 0.15) is 5.56 Å². The first kappa shape index (κ1) is 23.3. The lowest BCUT2D eigenvalue weighted by Gasteiger charge is -2.29. The molecule has 0 saturated carbocycles. The third-order valence-corrected chi connectivity index (χ3v) is 5.42. The zero-order valence-corrected chi connectivity index (χ0v) is 17.7. The molecule has 2 heterocycles. The molecule has 0 spiro atoms. The summed E-state index contributed by atoms with van der Waals surface area (Å²) in [5.41, 5.74) is 1.53. The van der Waals surface area contributed by atoms with Gasteiger partial charge in [0.2, 0.25) is 5.75 Å². The molecular formula is C20H21Cl3N2O4. The number of fused-ring (bicyclic) bond motifs is 1. The Bertz CT molecular complexity index is 1050. The predicted molar refractivity (Wildman–Crippen MR) is 102 cm³/mol. The molecule has 1 aromatic heterocycles. The summed E-state index contributed by atoms with van der Waals surface area (Å²) in [4.78, 5) is 14.7. The molecule has 9 heteroatoms. The smallest absolute Gasteiger partial charge is 0.336 e. The molecule has 0 amide bonds. The van der Waals surface area contributed by atoms with Crippen molar-refractivity contribution < 1.29 is 49.2 Å². The van der Waals surface area contributed by atoms with Crippen LogP contribution in [0.4, 0.5) is 5.69 Å². The van der Waals surface area contributed by atoms with Crippen molar-refractivity contribution in [1.29, 1.82) is 0 Å². The highest BCUT2D eigenvalue weighted by atomic mass is 35.5. The van der Waals surface area contributed by atoms with Gasteiger partial charge in [-0.15, -0.1) is 0 Å². The Morgan fingerprint density at radius 3 is 2.41 bits per heavy atom. The first-order chi connectivity index (χ1) is 13.0. The second-order valence-corrected chi connectivity index (χ2v) is 7.38. The minimum Gasteiger partial charge on any atom is -1.00 e. The number of halogens is 3. The van der Waals surface area contributed by atoms with Crippen molar-refractivity contribution in [2.45, 2.75) is 6.54 Å². The topological polar surface area (TPSA) is 79.6 Å². The third kappa shape index (κ3) is 4.97. The number of piperazine rings is 1. The SMILES string of the molecule is O=c1cc(C[NH+]2CC[NH+](c3cccc(Cl)c3)CC2)c2ccc(O)c(O)c2o1.[Cl-].[Cl-]. The van der Waals surface area contributed by atoms with E-state index in [0.29, 0.717) is 11.9 Å². The molecule has 1 aliphatic heterocycles. The van der Waals surface area contributed by atoms with Gasteiger partial charge in [-0.2, -0.15) is 0 Å². The van der Waals surface area contributed by atoms with Gasteiger partial charge >= 0.3 is 5.63 Å². The van der Waals surface area contributed by atoms with Crippen LogP contribution in [0.25, 0.3) is 11.0 Å². The van der Waals surface area contributed by atoms with Gasteiger partial charge in [0.25, 0.3) is 0 Å². The average Bonchev–Trinajstić information content (AvgIpc) is 2.66. The molecule has 0 atom stereocenters. The van der Waals surface area contributed by atoms with Crippen LogP contribution in [0.2, 0.25) is 5.02 Å². The summed E-state index contributed by atoms with van der Waals surface area (Å²) in [5.74, 6) is -0.689. The highest BCUT2D eigenvalue weighted by Crippen LogP contribution is 2.33. The summed E-state index contributed by atoms with van der Waals surface area (Å²) in [6.45, 7) is 4.51. The Morgan fingerprint density at radius 2 is 1.72 bits per heavy atom. The lowest BCUT2D eigenvalue weighted by molar-refractivity contribution is -0.994. The van der Waals surface area contributed by atoms with Crippen LogP contribution >= 0.6 is 11.6 Å². The van der Waals surface area contributed by atoms with Gasteiger partial charge in [-0.25, -0.2) is 4.79 Å². The molecule has 1 fully saturated rings. The van der Waals surface area contributed by atoms with Gasteiger partial charge in [0.05, 0.1) is 0 Å². The molecule has 3 aromatic rings. The second-order valence-electron chi connectivity index (χ2n) is 6.94. The number of hydrogen-bond acceptors (Lipinski definition) is 4. The lowest BCUT2D eigenvalue weighted by atomic mass is 10.1. The van der Waals surface area contributed by atoms with Crippen molar-refractivity contribution in [3.8, 4) is 11.5 Å².